The van der Waals surface area contributed by atoms with E-state index >= 15 is 8.42 Å². The molecule has 2 radical (unpaired) electrons. The van der Waals surface area contributed by atoms with E-state index in [0.29, 0.717) is 31.9 Å². The van der Waals surface area contributed by atoms with E-state index in [1.165, 1.54) is 15.1 Å². The molecule has 5 rings (SSSR count). The van der Waals surface area contributed by atoms with Crippen molar-refractivity contribution in [1.82, 2.24) is 29.2 Å². The van der Waals surface area contributed by atoms with Crippen molar-refractivity contribution in [2.45, 2.75) is 77.0 Å². The number of ether oxygens (including phenoxy) is 3. The first-order chi connectivity index (χ1) is 27.2. The number of nitrogens with one attached hydrogen (secondary N) is 1. The molecule has 0 aliphatic rings. The van der Waals surface area contributed by atoms with Gasteiger partial charge in [-0.05, 0) is 116 Å². The van der Waals surface area contributed by atoms with Crippen LogP contribution in [-0.4, -0.2) is 68.7 Å². The number of tetrazole rings is 1. The first kappa shape index (κ1) is 45.0. The lowest BCUT2D eigenvalue weighted by molar-refractivity contribution is 0.253. The van der Waals surface area contributed by atoms with Crippen molar-refractivity contribution in [2.24, 2.45) is 10.8 Å². The Morgan fingerprint density at radius 3 is 1.62 bits per heavy atom. The van der Waals surface area contributed by atoms with E-state index in [1.807, 2.05) is 76.3 Å². The number of rotatable bonds is 16. The largest absolute Gasteiger partial charge is 0.497 e. The summed E-state index contributed by atoms with van der Waals surface area (Å²) in [7, 11) is -4.68. The molecular weight excluding hydrogens is 892 g/mol. The zero-order valence-corrected chi connectivity index (χ0v) is 38.1. The van der Waals surface area contributed by atoms with Gasteiger partial charge in [0.2, 0.25) is 20.0 Å². The first-order valence-electron chi connectivity index (χ1n) is 18.4. The third kappa shape index (κ3) is 10.4. The number of halogens is 1. The Hall–Kier alpha value is -4.10. The minimum absolute atomic E-state index is 0.0351. The normalized spacial score (nSPS) is 13.2. The van der Waals surface area contributed by atoms with Gasteiger partial charge >= 0.3 is 0 Å². The molecule has 0 spiro atoms. The predicted molar refractivity (Wildman–Crippen MR) is 232 cm³/mol. The number of hydrogen-bond acceptors (Lipinski definition) is 10. The Balaban J connectivity index is 1.76. The third-order valence-corrected chi connectivity index (χ3v) is 13.9. The standard InChI is InChI=1S/C42H51IN6O7S2/c1-28(39(41(2,3)4)42(5,6)7)45-57(50,51)36-24-23-35(43)37(40-44-46-47-49(40)27-31-15-21-34(56-10)22-16-31)38(36)58(52,53)48(25-29-11-17-32(54-8)18-12-29)26-30-13-19-33(55-9)20-14-30/h11-24,28,45H,1,25-27H2,2-10H3. The van der Waals surface area contributed by atoms with Crippen LogP contribution in [0.5, 0.6) is 17.2 Å². The summed E-state index contributed by atoms with van der Waals surface area (Å²) in [5, 5.41) is 12.5. The summed E-state index contributed by atoms with van der Waals surface area (Å²) in [5.41, 5.74) is 1.22. The molecule has 5 aromatic rings. The van der Waals surface area contributed by atoms with E-state index < -0.39 is 46.7 Å². The Morgan fingerprint density at radius 2 is 1.19 bits per heavy atom. The second-order valence-electron chi connectivity index (χ2n) is 15.8. The minimum Gasteiger partial charge on any atom is -0.497 e. The molecule has 1 unspecified atom stereocenters. The molecule has 0 amide bonds. The van der Waals surface area contributed by atoms with E-state index in [2.05, 4.69) is 27.2 Å². The second kappa shape index (κ2) is 18.0. The summed E-state index contributed by atoms with van der Waals surface area (Å²) >= 11 is 2.00. The van der Waals surface area contributed by atoms with Crippen LogP contribution in [0.15, 0.2) is 94.7 Å². The van der Waals surface area contributed by atoms with Gasteiger partial charge in [0, 0.05) is 28.6 Å². The average Bonchev–Trinajstić information content (AvgIpc) is 3.61. The van der Waals surface area contributed by atoms with Crippen molar-refractivity contribution in [3.05, 3.63) is 118 Å². The summed E-state index contributed by atoms with van der Waals surface area (Å²) in [6, 6.07) is 23.3. The lowest BCUT2D eigenvalue weighted by Crippen LogP contribution is -2.47. The highest BCUT2D eigenvalue weighted by Crippen LogP contribution is 2.45. The number of hydrogen-bond donors (Lipinski definition) is 1. The van der Waals surface area contributed by atoms with Crippen LogP contribution >= 0.6 is 22.6 Å². The SMILES string of the molecule is [CH2]C(NS(=O)(=O)c1ccc(I)c(-c2nnnn2Cc2ccc(OC)cc2)c1S(=O)(=O)N(Cc1ccc(OC)cc1)Cc1ccc(OC)cc1)[C](C(C)(C)C)C(C)(C)C. The molecule has 58 heavy (non-hydrogen) atoms. The van der Waals surface area contributed by atoms with E-state index in [1.54, 1.807) is 88.1 Å². The molecule has 0 bridgehead atoms. The van der Waals surface area contributed by atoms with Gasteiger partial charge in [-0.1, -0.05) is 77.9 Å². The van der Waals surface area contributed by atoms with Gasteiger partial charge in [0.25, 0.3) is 0 Å². The summed E-state index contributed by atoms with van der Waals surface area (Å²) < 4.78 is 83.0. The zero-order valence-electron chi connectivity index (χ0n) is 34.3. The molecule has 310 valence electrons. The molecule has 0 fully saturated rings. The fraction of sp³-hybridized carbons (Fsp3) is 0.357. The van der Waals surface area contributed by atoms with Crippen molar-refractivity contribution in [3.8, 4) is 28.6 Å². The van der Waals surface area contributed by atoms with Gasteiger partial charge in [0.1, 0.15) is 27.0 Å². The van der Waals surface area contributed by atoms with Crippen LogP contribution in [0.25, 0.3) is 11.4 Å². The maximum absolute atomic E-state index is 15.7. The zero-order chi connectivity index (χ0) is 42.6. The fourth-order valence-corrected chi connectivity index (χ4v) is 11.7. The summed E-state index contributed by atoms with van der Waals surface area (Å²) in [6.45, 7) is 16.2. The maximum atomic E-state index is 15.7. The molecule has 0 saturated carbocycles. The van der Waals surface area contributed by atoms with Crippen LogP contribution in [0.4, 0.5) is 0 Å². The van der Waals surface area contributed by atoms with Crippen molar-refractivity contribution in [3.63, 3.8) is 0 Å². The fourth-order valence-electron chi connectivity index (χ4n) is 7.31. The van der Waals surface area contributed by atoms with Gasteiger partial charge in [-0.2, -0.15) is 4.31 Å². The summed E-state index contributed by atoms with van der Waals surface area (Å²) in [4.78, 5) is -0.938. The molecule has 0 aliphatic carbocycles. The highest BCUT2D eigenvalue weighted by atomic mass is 127. The monoisotopic (exact) mass is 942 g/mol. The Morgan fingerprint density at radius 1 is 0.741 bits per heavy atom. The highest BCUT2D eigenvalue weighted by molar-refractivity contribution is 14.1. The number of aromatic nitrogens is 4. The highest BCUT2D eigenvalue weighted by Gasteiger charge is 2.43. The molecule has 0 saturated heterocycles. The molecule has 1 N–H and O–H groups in total. The number of nitrogens with zero attached hydrogens (tertiary/aromatic N) is 5. The van der Waals surface area contributed by atoms with Crippen molar-refractivity contribution in [2.75, 3.05) is 21.3 Å². The van der Waals surface area contributed by atoms with Crippen molar-refractivity contribution in [1.29, 1.82) is 0 Å². The number of sulfonamides is 2. The molecule has 1 aromatic heterocycles. The molecule has 1 heterocycles. The third-order valence-electron chi connectivity index (χ3n) is 9.50. The first-order valence-corrected chi connectivity index (χ1v) is 22.4. The number of methoxy groups -OCH3 is 3. The summed E-state index contributed by atoms with van der Waals surface area (Å²) in [6.07, 6.45) is 0. The maximum Gasteiger partial charge on any atom is 0.245 e. The lowest BCUT2D eigenvalue weighted by atomic mass is 9.64. The number of benzene rings is 4. The van der Waals surface area contributed by atoms with E-state index in [9.17, 15) is 8.42 Å². The minimum atomic E-state index is -4.74. The van der Waals surface area contributed by atoms with Gasteiger partial charge in [-0.3, -0.25) is 0 Å². The van der Waals surface area contributed by atoms with Crippen LogP contribution in [0.1, 0.15) is 58.2 Å². The summed E-state index contributed by atoms with van der Waals surface area (Å²) in [5.74, 6) is 2.75. The molecular formula is C42H51IN6O7S2. The molecule has 1 atom stereocenters. The van der Waals surface area contributed by atoms with Crippen LogP contribution in [0, 0.1) is 27.2 Å². The van der Waals surface area contributed by atoms with Crippen LogP contribution in [0.2, 0.25) is 0 Å². The second-order valence-corrected chi connectivity index (χ2v) is 20.5. The lowest BCUT2D eigenvalue weighted by Gasteiger charge is -2.44. The van der Waals surface area contributed by atoms with E-state index in [-0.39, 0.29) is 31.0 Å². The van der Waals surface area contributed by atoms with Crippen LogP contribution in [0.3, 0.4) is 0 Å². The quantitative estimate of drug-likeness (QED) is 0.0981. The molecule has 13 nitrogen and oxygen atoms in total. The van der Waals surface area contributed by atoms with Crippen LogP contribution in [-0.2, 0) is 39.7 Å². The average molecular weight is 943 g/mol. The van der Waals surface area contributed by atoms with Crippen LogP contribution < -0.4 is 18.9 Å². The van der Waals surface area contributed by atoms with Gasteiger partial charge in [0.15, 0.2) is 5.82 Å². The van der Waals surface area contributed by atoms with E-state index in [4.69, 9.17) is 14.2 Å². The van der Waals surface area contributed by atoms with Gasteiger partial charge in [0.05, 0.1) is 33.4 Å². The Kier molecular flexibility index (Phi) is 14.0. The molecule has 16 heteroatoms. The van der Waals surface area contributed by atoms with E-state index in [0.717, 1.165) is 11.5 Å². The van der Waals surface area contributed by atoms with Crippen molar-refractivity contribution < 1.29 is 31.0 Å². The predicted octanol–water partition coefficient (Wildman–Crippen LogP) is 7.56. The van der Waals surface area contributed by atoms with Crippen molar-refractivity contribution >= 4 is 42.6 Å². The smallest absolute Gasteiger partial charge is 0.245 e. The Bertz CT molecular complexity index is 2330. The molecule has 4 aromatic carbocycles. The van der Waals surface area contributed by atoms with Gasteiger partial charge < -0.3 is 14.2 Å². The van der Waals surface area contributed by atoms with Gasteiger partial charge in [-0.15, -0.1) is 5.10 Å². The van der Waals surface area contributed by atoms with Gasteiger partial charge in [-0.25, -0.2) is 26.2 Å². The molecule has 0 aliphatic heterocycles. The topological polar surface area (TPSA) is 155 Å². The Labute approximate surface area is 356 Å².